The predicted octanol–water partition coefficient (Wildman–Crippen LogP) is 1.85. The molecule has 1 aliphatic heterocycles. The van der Waals surface area contributed by atoms with Gasteiger partial charge in [-0.05, 0) is 62.3 Å². The van der Waals surface area contributed by atoms with Gasteiger partial charge in [-0.2, -0.15) is 0 Å². The normalized spacial score (nSPS) is 21.6. The third-order valence-corrected chi connectivity index (χ3v) is 5.54. The van der Waals surface area contributed by atoms with E-state index in [1.807, 2.05) is 18.2 Å². The summed E-state index contributed by atoms with van der Waals surface area (Å²) < 4.78 is 5.78. The van der Waals surface area contributed by atoms with Crippen molar-refractivity contribution in [1.29, 1.82) is 0 Å². The number of hydrogen-bond donors (Lipinski definition) is 3. The average Bonchev–Trinajstić information content (AvgIpc) is 2.70. The molecular weight excluding hydrogens is 360 g/mol. The molecule has 3 rings (SSSR count). The van der Waals surface area contributed by atoms with Crippen molar-refractivity contribution in [3.8, 4) is 5.75 Å². The average molecular weight is 390 g/mol. The van der Waals surface area contributed by atoms with Gasteiger partial charge in [0.2, 0.25) is 11.8 Å². The van der Waals surface area contributed by atoms with Gasteiger partial charge in [0.1, 0.15) is 5.75 Å². The van der Waals surface area contributed by atoms with Crippen molar-refractivity contribution < 1.29 is 24.5 Å². The second-order valence-electron chi connectivity index (χ2n) is 7.59. The Morgan fingerprint density at radius 2 is 2.00 bits per heavy atom. The highest BCUT2D eigenvalue weighted by atomic mass is 16.5. The number of hydrogen-bond acceptors (Lipinski definition) is 5. The number of fused-ring (bicyclic) bond motifs is 1. The molecule has 7 heteroatoms. The Kier molecular flexibility index (Phi) is 7.28. The van der Waals surface area contributed by atoms with Crippen molar-refractivity contribution in [3.63, 3.8) is 0 Å². The van der Waals surface area contributed by atoms with E-state index in [1.165, 1.54) is 0 Å². The van der Waals surface area contributed by atoms with Gasteiger partial charge in [0.25, 0.3) is 0 Å². The minimum atomic E-state index is -0.263. The monoisotopic (exact) mass is 390 g/mol. The quantitative estimate of drug-likeness (QED) is 0.589. The number of anilines is 1. The first-order valence-corrected chi connectivity index (χ1v) is 10.2. The minimum Gasteiger partial charge on any atom is -0.494 e. The molecule has 0 spiro atoms. The number of aliphatic hydroxyl groups is 2. The van der Waals surface area contributed by atoms with Gasteiger partial charge in [0.05, 0.1) is 19.3 Å². The molecule has 2 aliphatic rings. The molecule has 1 saturated carbocycles. The van der Waals surface area contributed by atoms with E-state index in [1.54, 1.807) is 4.90 Å². The van der Waals surface area contributed by atoms with Crippen LogP contribution in [0, 0.1) is 0 Å². The number of amides is 2. The van der Waals surface area contributed by atoms with E-state index < -0.39 is 0 Å². The third kappa shape index (κ3) is 5.45. The van der Waals surface area contributed by atoms with Crippen LogP contribution in [0.1, 0.15) is 50.5 Å². The van der Waals surface area contributed by atoms with E-state index >= 15 is 0 Å². The maximum Gasteiger partial charge on any atom is 0.224 e. The zero-order valence-electron chi connectivity index (χ0n) is 16.2. The molecule has 1 aromatic carbocycles. The maximum atomic E-state index is 12.6. The van der Waals surface area contributed by atoms with Crippen LogP contribution in [0.15, 0.2) is 18.2 Å². The van der Waals surface area contributed by atoms with Crippen molar-refractivity contribution in [1.82, 2.24) is 4.90 Å². The van der Waals surface area contributed by atoms with Gasteiger partial charge in [-0.3, -0.25) is 9.59 Å². The lowest BCUT2D eigenvalue weighted by Crippen LogP contribution is -2.44. The van der Waals surface area contributed by atoms with Crippen LogP contribution in [-0.2, 0) is 16.0 Å². The molecule has 1 aromatic rings. The van der Waals surface area contributed by atoms with Crippen LogP contribution in [0.4, 0.5) is 5.69 Å². The molecule has 0 saturated heterocycles. The molecule has 0 radical (unpaired) electrons. The highest BCUT2D eigenvalue weighted by molar-refractivity contribution is 5.94. The fourth-order valence-corrected chi connectivity index (χ4v) is 4.00. The molecule has 3 N–H and O–H groups in total. The van der Waals surface area contributed by atoms with Gasteiger partial charge >= 0.3 is 0 Å². The summed E-state index contributed by atoms with van der Waals surface area (Å²) in [6.07, 6.45) is 4.91. The summed E-state index contributed by atoms with van der Waals surface area (Å²) in [5, 5.41) is 21.8. The van der Waals surface area contributed by atoms with Gasteiger partial charge in [-0.1, -0.05) is 0 Å². The second-order valence-corrected chi connectivity index (χ2v) is 7.59. The van der Waals surface area contributed by atoms with Crippen LogP contribution in [0.3, 0.4) is 0 Å². The van der Waals surface area contributed by atoms with Gasteiger partial charge in [0.15, 0.2) is 0 Å². The molecule has 154 valence electrons. The molecule has 0 bridgehead atoms. The van der Waals surface area contributed by atoms with E-state index in [2.05, 4.69) is 5.32 Å². The fraction of sp³-hybridized carbons (Fsp3) is 0.619. The lowest BCUT2D eigenvalue weighted by Gasteiger charge is -2.35. The van der Waals surface area contributed by atoms with E-state index in [0.29, 0.717) is 51.7 Å². The lowest BCUT2D eigenvalue weighted by atomic mass is 9.91. The SMILES string of the molecule is O=C1CCc2cc(OCCCC(=O)N(CCO)C3CCC(O)CC3)ccc2N1. The molecule has 1 heterocycles. The smallest absolute Gasteiger partial charge is 0.224 e. The van der Waals surface area contributed by atoms with Gasteiger partial charge in [-0.15, -0.1) is 0 Å². The number of nitrogens with one attached hydrogen (secondary N) is 1. The lowest BCUT2D eigenvalue weighted by molar-refractivity contribution is -0.135. The molecule has 1 fully saturated rings. The van der Waals surface area contributed by atoms with Gasteiger partial charge in [0, 0.05) is 31.1 Å². The fourth-order valence-electron chi connectivity index (χ4n) is 4.00. The Morgan fingerprint density at radius 3 is 2.75 bits per heavy atom. The summed E-state index contributed by atoms with van der Waals surface area (Å²) in [7, 11) is 0. The zero-order chi connectivity index (χ0) is 19.9. The molecule has 7 nitrogen and oxygen atoms in total. The van der Waals surface area contributed by atoms with Gasteiger partial charge in [-0.25, -0.2) is 0 Å². The maximum absolute atomic E-state index is 12.6. The second kappa shape index (κ2) is 9.89. The van der Waals surface area contributed by atoms with E-state index in [9.17, 15) is 19.8 Å². The van der Waals surface area contributed by atoms with Crippen molar-refractivity contribution in [2.45, 2.75) is 63.5 Å². The Morgan fingerprint density at radius 1 is 1.21 bits per heavy atom. The van der Waals surface area contributed by atoms with E-state index in [-0.39, 0.29) is 30.6 Å². The number of carbonyl (C=O) groups is 2. The summed E-state index contributed by atoms with van der Waals surface area (Å²) in [6.45, 7) is 0.733. The zero-order valence-corrected chi connectivity index (χ0v) is 16.2. The minimum absolute atomic E-state index is 0.0344. The summed E-state index contributed by atoms with van der Waals surface area (Å²) >= 11 is 0. The molecule has 2 amide bonds. The van der Waals surface area contributed by atoms with E-state index in [0.717, 1.165) is 29.8 Å². The standard InChI is InChI=1S/C21H30N2O5/c24-12-11-23(16-4-6-17(25)7-5-16)21(27)2-1-13-28-18-8-9-19-15(14-18)3-10-20(26)22-19/h8-9,14,16-17,24-25H,1-7,10-13H2,(H,22,26). The molecular formula is C21H30N2O5. The van der Waals surface area contributed by atoms with Crippen LogP contribution in [0.25, 0.3) is 0 Å². The summed E-state index contributed by atoms with van der Waals surface area (Å²) in [4.78, 5) is 25.8. The van der Waals surface area contributed by atoms with Crippen LogP contribution >= 0.6 is 0 Å². The Bertz CT molecular complexity index is 685. The first-order chi connectivity index (χ1) is 13.6. The number of rotatable bonds is 8. The highest BCUT2D eigenvalue weighted by Crippen LogP contribution is 2.27. The number of aryl methyl sites for hydroxylation is 1. The number of carbonyl (C=O) groups excluding carboxylic acids is 2. The highest BCUT2D eigenvalue weighted by Gasteiger charge is 2.27. The van der Waals surface area contributed by atoms with Crippen molar-refractivity contribution in [2.75, 3.05) is 25.1 Å². The van der Waals surface area contributed by atoms with Crippen molar-refractivity contribution >= 4 is 17.5 Å². The Balaban J connectivity index is 1.44. The van der Waals surface area contributed by atoms with Crippen LogP contribution in [-0.4, -0.2) is 58.8 Å². The number of ether oxygens (including phenoxy) is 1. The Labute approximate surface area is 165 Å². The largest absolute Gasteiger partial charge is 0.494 e. The van der Waals surface area contributed by atoms with Crippen molar-refractivity contribution in [2.24, 2.45) is 0 Å². The molecule has 0 atom stereocenters. The van der Waals surface area contributed by atoms with E-state index in [4.69, 9.17) is 4.74 Å². The van der Waals surface area contributed by atoms with Crippen molar-refractivity contribution in [3.05, 3.63) is 23.8 Å². The number of aliphatic hydroxyl groups excluding tert-OH is 2. The first kappa shape index (κ1) is 20.6. The molecule has 0 unspecified atom stereocenters. The summed E-state index contributed by atoms with van der Waals surface area (Å²) in [6, 6.07) is 5.74. The summed E-state index contributed by atoms with van der Waals surface area (Å²) in [5.74, 6) is 0.822. The Hall–Kier alpha value is -2.12. The van der Waals surface area contributed by atoms with Crippen LogP contribution < -0.4 is 10.1 Å². The van der Waals surface area contributed by atoms with Crippen LogP contribution in [0.5, 0.6) is 5.75 Å². The molecule has 1 aliphatic carbocycles. The number of benzene rings is 1. The number of nitrogens with zero attached hydrogens (tertiary/aromatic N) is 1. The molecule has 28 heavy (non-hydrogen) atoms. The third-order valence-electron chi connectivity index (χ3n) is 5.54. The summed E-state index contributed by atoms with van der Waals surface area (Å²) in [5.41, 5.74) is 1.91. The topological polar surface area (TPSA) is 99.1 Å². The van der Waals surface area contributed by atoms with Gasteiger partial charge < -0.3 is 25.2 Å². The van der Waals surface area contributed by atoms with Crippen LogP contribution in [0.2, 0.25) is 0 Å². The molecule has 0 aromatic heterocycles. The predicted molar refractivity (Wildman–Crippen MR) is 105 cm³/mol. The first-order valence-electron chi connectivity index (χ1n) is 10.2.